The SMILES string of the molecule is CN(C)C(C)(C)CNc1nc(Cl)nc(N2CCOCC2)n1. The van der Waals surface area contributed by atoms with Crippen LogP contribution in [0.2, 0.25) is 5.28 Å². The minimum atomic E-state index is -0.0156. The van der Waals surface area contributed by atoms with Crippen LogP contribution in [0.3, 0.4) is 0 Å². The van der Waals surface area contributed by atoms with Gasteiger partial charge in [0, 0.05) is 25.2 Å². The number of anilines is 2. The smallest absolute Gasteiger partial charge is 0.231 e. The molecule has 21 heavy (non-hydrogen) atoms. The standard InChI is InChI=1S/C13H23ClN6O/c1-13(2,19(3)4)9-15-11-16-10(14)17-12(18-11)20-5-7-21-8-6-20/h5-9H2,1-4H3,(H,15,16,17,18). The van der Waals surface area contributed by atoms with E-state index in [2.05, 4.69) is 43.9 Å². The van der Waals surface area contributed by atoms with Gasteiger partial charge in [0.25, 0.3) is 0 Å². The number of halogens is 1. The van der Waals surface area contributed by atoms with Crippen LogP contribution < -0.4 is 10.2 Å². The van der Waals surface area contributed by atoms with E-state index in [1.165, 1.54) is 0 Å². The fourth-order valence-corrected chi connectivity index (χ4v) is 1.93. The van der Waals surface area contributed by atoms with Crippen molar-refractivity contribution < 1.29 is 4.74 Å². The van der Waals surface area contributed by atoms with Crippen molar-refractivity contribution in [2.45, 2.75) is 19.4 Å². The largest absolute Gasteiger partial charge is 0.378 e. The summed E-state index contributed by atoms with van der Waals surface area (Å²) in [6, 6.07) is 0. The van der Waals surface area contributed by atoms with Gasteiger partial charge < -0.3 is 19.9 Å². The van der Waals surface area contributed by atoms with Crippen molar-refractivity contribution in [3.63, 3.8) is 0 Å². The summed E-state index contributed by atoms with van der Waals surface area (Å²) >= 11 is 6.01. The van der Waals surface area contributed by atoms with Gasteiger partial charge in [-0.1, -0.05) is 0 Å². The molecule has 1 aromatic rings. The Hall–Kier alpha value is -1.18. The molecule has 0 unspecified atom stereocenters. The molecule has 1 saturated heterocycles. The maximum atomic E-state index is 6.01. The Bertz CT molecular complexity index is 476. The molecule has 0 aromatic carbocycles. The topological polar surface area (TPSA) is 66.4 Å². The number of nitrogens with one attached hydrogen (secondary N) is 1. The molecule has 0 radical (unpaired) electrons. The first-order chi connectivity index (χ1) is 9.88. The van der Waals surface area contributed by atoms with Crippen LogP contribution in [0.25, 0.3) is 0 Å². The summed E-state index contributed by atoms with van der Waals surface area (Å²) in [5.41, 5.74) is -0.0156. The molecule has 0 atom stereocenters. The van der Waals surface area contributed by atoms with Gasteiger partial charge in [-0.25, -0.2) is 0 Å². The van der Waals surface area contributed by atoms with Crippen molar-refractivity contribution in [1.82, 2.24) is 19.9 Å². The molecular formula is C13H23ClN6O. The van der Waals surface area contributed by atoms with Gasteiger partial charge in [0.05, 0.1) is 13.2 Å². The van der Waals surface area contributed by atoms with E-state index in [9.17, 15) is 0 Å². The Labute approximate surface area is 130 Å². The maximum absolute atomic E-state index is 6.01. The zero-order chi connectivity index (χ0) is 15.5. The third-order valence-corrected chi connectivity index (χ3v) is 3.95. The highest BCUT2D eigenvalue weighted by Gasteiger charge is 2.21. The molecule has 1 N–H and O–H groups in total. The summed E-state index contributed by atoms with van der Waals surface area (Å²) in [4.78, 5) is 17.0. The Morgan fingerprint density at radius 3 is 2.52 bits per heavy atom. The summed E-state index contributed by atoms with van der Waals surface area (Å²) in [5, 5.41) is 3.45. The van der Waals surface area contributed by atoms with Crippen molar-refractivity contribution >= 4 is 23.5 Å². The average molecular weight is 315 g/mol. The van der Waals surface area contributed by atoms with Gasteiger partial charge in [0.2, 0.25) is 17.2 Å². The maximum Gasteiger partial charge on any atom is 0.231 e. The Morgan fingerprint density at radius 2 is 1.90 bits per heavy atom. The minimum Gasteiger partial charge on any atom is -0.378 e. The third kappa shape index (κ3) is 4.39. The van der Waals surface area contributed by atoms with Crippen LogP contribution in [0.15, 0.2) is 0 Å². The number of nitrogens with zero attached hydrogens (tertiary/aromatic N) is 5. The number of rotatable bonds is 5. The molecule has 0 aliphatic carbocycles. The lowest BCUT2D eigenvalue weighted by Gasteiger charge is -2.32. The Morgan fingerprint density at radius 1 is 1.24 bits per heavy atom. The number of ether oxygens (including phenoxy) is 1. The highest BCUT2D eigenvalue weighted by Crippen LogP contribution is 2.16. The molecule has 7 nitrogen and oxygen atoms in total. The van der Waals surface area contributed by atoms with Gasteiger partial charge in [0.1, 0.15) is 0 Å². The zero-order valence-corrected chi connectivity index (χ0v) is 13.8. The quantitative estimate of drug-likeness (QED) is 0.873. The molecule has 0 amide bonds. The van der Waals surface area contributed by atoms with E-state index in [1.807, 2.05) is 14.1 Å². The highest BCUT2D eigenvalue weighted by atomic mass is 35.5. The van der Waals surface area contributed by atoms with Crippen LogP contribution in [0.4, 0.5) is 11.9 Å². The molecule has 1 aromatic heterocycles. The second-order valence-corrected chi connectivity index (χ2v) is 6.23. The highest BCUT2D eigenvalue weighted by molar-refractivity contribution is 6.28. The molecule has 0 bridgehead atoms. The predicted octanol–water partition coefficient (Wildman–Crippen LogP) is 1.11. The number of aromatic nitrogens is 3. The van der Waals surface area contributed by atoms with Crippen LogP contribution in [0.1, 0.15) is 13.8 Å². The van der Waals surface area contributed by atoms with Gasteiger partial charge in [-0.05, 0) is 39.5 Å². The summed E-state index contributed by atoms with van der Waals surface area (Å²) in [7, 11) is 4.09. The molecule has 2 heterocycles. The van der Waals surface area contributed by atoms with Crippen LogP contribution in [0.5, 0.6) is 0 Å². The fraction of sp³-hybridized carbons (Fsp3) is 0.769. The van der Waals surface area contributed by atoms with Crippen molar-refractivity contribution in [3.05, 3.63) is 5.28 Å². The van der Waals surface area contributed by atoms with Gasteiger partial charge >= 0.3 is 0 Å². The molecule has 0 spiro atoms. The molecule has 2 rings (SSSR count). The van der Waals surface area contributed by atoms with E-state index in [0.29, 0.717) is 31.7 Å². The second-order valence-electron chi connectivity index (χ2n) is 5.89. The molecule has 8 heteroatoms. The Balaban J connectivity index is 2.08. The number of hydrogen-bond donors (Lipinski definition) is 1. The van der Waals surface area contributed by atoms with E-state index in [0.717, 1.165) is 13.1 Å². The van der Waals surface area contributed by atoms with Crippen molar-refractivity contribution in [3.8, 4) is 0 Å². The molecule has 1 fully saturated rings. The van der Waals surface area contributed by atoms with Crippen LogP contribution in [-0.2, 0) is 4.74 Å². The average Bonchev–Trinajstić information content (AvgIpc) is 2.45. The molecule has 118 valence electrons. The van der Waals surface area contributed by atoms with E-state index in [1.54, 1.807) is 0 Å². The predicted molar refractivity (Wildman–Crippen MR) is 84.1 cm³/mol. The monoisotopic (exact) mass is 314 g/mol. The lowest BCUT2D eigenvalue weighted by molar-refractivity contribution is 0.122. The zero-order valence-electron chi connectivity index (χ0n) is 13.1. The normalized spacial score (nSPS) is 16.4. The lowest BCUT2D eigenvalue weighted by Crippen LogP contribution is -2.44. The Kier molecular flexibility index (Phi) is 5.18. The summed E-state index contributed by atoms with van der Waals surface area (Å²) in [6.07, 6.45) is 0. The fourth-order valence-electron chi connectivity index (χ4n) is 1.78. The van der Waals surface area contributed by atoms with Gasteiger partial charge in [0.15, 0.2) is 0 Å². The molecule has 1 aliphatic heterocycles. The van der Waals surface area contributed by atoms with Crippen LogP contribution in [0, 0.1) is 0 Å². The second kappa shape index (κ2) is 6.72. The number of hydrogen-bond acceptors (Lipinski definition) is 7. The first kappa shape index (κ1) is 16.2. The molecular weight excluding hydrogens is 292 g/mol. The minimum absolute atomic E-state index is 0.0156. The third-order valence-electron chi connectivity index (χ3n) is 3.78. The summed E-state index contributed by atoms with van der Waals surface area (Å²) in [6.45, 7) is 7.89. The first-order valence-corrected chi connectivity index (χ1v) is 7.42. The summed E-state index contributed by atoms with van der Waals surface area (Å²) in [5.74, 6) is 1.11. The first-order valence-electron chi connectivity index (χ1n) is 7.04. The van der Waals surface area contributed by atoms with E-state index >= 15 is 0 Å². The van der Waals surface area contributed by atoms with Crippen LogP contribution >= 0.6 is 11.6 Å². The molecule has 0 saturated carbocycles. The van der Waals surface area contributed by atoms with E-state index < -0.39 is 0 Å². The lowest BCUT2D eigenvalue weighted by atomic mass is 10.1. The van der Waals surface area contributed by atoms with E-state index in [4.69, 9.17) is 16.3 Å². The van der Waals surface area contributed by atoms with Crippen molar-refractivity contribution in [2.75, 3.05) is 57.2 Å². The van der Waals surface area contributed by atoms with Gasteiger partial charge in [-0.2, -0.15) is 15.0 Å². The molecule has 1 aliphatic rings. The van der Waals surface area contributed by atoms with Gasteiger partial charge in [-0.3, -0.25) is 0 Å². The van der Waals surface area contributed by atoms with Crippen molar-refractivity contribution in [2.24, 2.45) is 0 Å². The van der Waals surface area contributed by atoms with Crippen LogP contribution in [-0.4, -0.2) is 72.3 Å². The van der Waals surface area contributed by atoms with Crippen molar-refractivity contribution in [1.29, 1.82) is 0 Å². The summed E-state index contributed by atoms with van der Waals surface area (Å²) < 4.78 is 5.33. The van der Waals surface area contributed by atoms with Gasteiger partial charge in [-0.15, -0.1) is 0 Å². The number of likely N-dealkylation sites (N-methyl/N-ethyl adjacent to an activating group) is 1. The number of morpholine rings is 1. The van der Waals surface area contributed by atoms with E-state index in [-0.39, 0.29) is 10.8 Å².